The van der Waals surface area contributed by atoms with Crippen molar-refractivity contribution in [1.29, 1.82) is 0 Å². The Morgan fingerprint density at radius 3 is 2.82 bits per heavy atom. The number of rotatable bonds is 2. The summed E-state index contributed by atoms with van der Waals surface area (Å²) in [6, 6.07) is 8.09. The smallest absolute Gasteiger partial charge is 0.129 e. The molecule has 1 aromatic heterocycles. The second-order valence-corrected chi connectivity index (χ2v) is 4.69. The van der Waals surface area contributed by atoms with E-state index >= 15 is 0 Å². The van der Waals surface area contributed by atoms with Gasteiger partial charge in [-0.3, -0.25) is 4.98 Å². The Morgan fingerprint density at radius 2 is 2.12 bits per heavy atom. The maximum absolute atomic E-state index is 13.6. The van der Waals surface area contributed by atoms with Crippen molar-refractivity contribution in [3.05, 3.63) is 63.6 Å². The Morgan fingerprint density at radius 1 is 1.35 bits per heavy atom. The molecule has 0 amide bonds. The Kier molecular flexibility index (Phi) is 3.54. The molecule has 0 spiro atoms. The fourth-order valence-corrected chi connectivity index (χ4v) is 2.03. The van der Waals surface area contributed by atoms with Gasteiger partial charge in [0.1, 0.15) is 11.9 Å². The van der Waals surface area contributed by atoms with Crippen LogP contribution in [-0.4, -0.2) is 10.1 Å². The summed E-state index contributed by atoms with van der Waals surface area (Å²) in [5.74, 6) is -0.439. The van der Waals surface area contributed by atoms with Gasteiger partial charge in [-0.15, -0.1) is 0 Å². The maximum Gasteiger partial charge on any atom is 0.129 e. The zero-order chi connectivity index (χ0) is 12.4. The molecule has 0 fully saturated rings. The minimum atomic E-state index is -1.05. The molecule has 0 aliphatic carbocycles. The largest absolute Gasteiger partial charge is 0.382 e. The van der Waals surface area contributed by atoms with Crippen LogP contribution in [0.15, 0.2) is 41.0 Å². The van der Waals surface area contributed by atoms with Crippen LogP contribution in [0.5, 0.6) is 0 Å². The molecule has 0 saturated heterocycles. The molecule has 2 nitrogen and oxygen atoms in total. The molecule has 0 saturated carbocycles. The number of halogens is 2. The summed E-state index contributed by atoms with van der Waals surface area (Å²) in [5, 5.41) is 10.2. The highest BCUT2D eigenvalue weighted by atomic mass is 79.9. The lowest BCUT2D eigenvalue weighted by atomic mass is 10.0. The van der Waals surface area contributed by atoms with Crippen LogP contribution in [0.1, 0.15) is 22.9 Å². The van der Waals surface area contributed by atoms with E-state index < -0.39 is 11.9 Å². The molecule has 0 bridgehead atoms. The van der Waals surface area contributed by atoms with Crippen molar-refractivity contribution in [3.63, 3.8) is 0 Å². The third-order valence-electron chi connectivity index (χ3n) is 2.56. The first-order valence-electron chi connectivity index (χ1n) is 5.14. The van der Waals surface area contributed by atoms with Gasteiger partial charge >= 0.3 is 0 Å². The van der Waals surface area contributed by atoms with Gasteiger partial charge in [-0.2, -0.15) is 0 Å². The van der Waals surface area contributed by atoms with Crippen molar-refractivity contribution in [2.45, 2.75) is 13.0 Å². The number of aliphatic hydroxyl groups excluding tert-OH is 1. The van der Waals surface area contributed by atoms with E-state index in [1.165, 1.54) is 6.07 Å². The van der Waals surface area contributed by atoms with Crippen molar-refractivity contribution >= 4 is 15.9 Å². The summed E-state index contributed by atoms with van der Waals surface area (Å²) in [7, 11) is 0. The molecule has 0 aliphatic rings. The Hall–Kier alpha value is -1.26. The minimum absolute atomic E-state index is 0.223. The highest BCUT2D eigenvalue weighted by Gasteiger charge is 2.18. The molecule has 0 aliphatic heterocycles. The van der Waals surface area contributed by atoms with Crippen LogP contribution in [0.4, 0.5) is 4.39 Å². The van der Waals surface area contributed by atoms with Crippen molar-refractivity contribution < 1.29 is 9.50 Å². The number of benzene rings is 1. The number of aliphatic hydroxyl groups is 1. The van der Waals surface area contributed by atoms with E-state index in [1.807, 2.05) is 13.0 Å². The summed E-state index contributed by atoms with van der Waals surface area (Å²) >= 11 is 3.26. The van der Waals surface area contributed by atoms with Gasteiger partial charge in [0.25, 0.3) is 0 Å². The first kappa shape index (κ1) is 12.2. The molecule has 1 atom stereocenters. The Balaban J connectivity index is 2.47. The van der Waals surface area contributed by atoms with Gasteiger partial charge in [-0.05, 0) is 36.8 Å². The highest BCUT2D eigenvalue weighted by Crippen LogP contribution is 2.27. The van der Waals surface area contributed by atoms with E-state index in [0.717, 1.165) is 10.0 Å². The molecule has 2 aromatic rings. The predicted molar refractivity (Wildman–Crippen MR) is 67.1 cm³/mol. The van der Waals surface area contributed by atoms with Crippen LogP contribution in [0.3, 0.4) is 0 Å². The number of aromatic nitrogens is 1. The predicted octanol–water partition coefficient (Wildman–Crippen LogP) is 3.37. The summed E-state index contributed by atoms with van der Waals surface area (Å²) < 4.78 is 14.4. The van der Waals surface area contributed by atoms with Gasteiger partial charge in [0.2, 0.25) is 0 Å². The topological polar surface area (TPSA) is 33.1 Å². The van der Waals surface area contributed by atoms with Crippen molar-refractivity contribution in [1.82, 2.24) is 4.98 Å². The van der Waals surface area contributed by atoms with E-state index in [1.54, 1.807) is 24.4 Å². The highest BCUT2D eigenvalue weighted by molar-refractivity contribution is 9.10. The molecular weight excluding hydrogens is 285 g/mol. The zero-order valence-corrected chi connectivity index (χ0v) is 10.8. The first-order chi connectivity index (χ1) is 8.09. The quantitative estimate of drug-likeness (QED) is 0.921. The van der Waals surface area contributed by atoms with E-state index in [2.05, 4.69) is 20.9 Å². The maximum atomic E-state index is 13.6. The van der Waals surface area contributed by atoms with E-state index in [-0.39, 0.29) is 5.56 Å². The van der Waals surface area contributed by atoms with E-state index in [4.69, 9.17) is 0 Å². The number of hydrogen-bond donors (Lipinski definition) is 1. The average molecular weight is 296 g/mol. The van der Waals surface area contributed by atoms with Crippen LogP contribution in [0.2, 0.25) is 0 Å². The van der Waals surface area contributed by atoms with Gasteiger partial charge in [0.05, 0.1) is 5.69 Å². The molecule has 1 unspecified atom stereocenters. The van der Waals surface area contributed by atoms with Gasteiger partial charge in [-0.25, -0.2) is 4.39 Å². The lowest BCUT2D eigenvalue weighted by molar-refractivity contribution is 0.209. The van der Waals surface area contributed by atoms with Crippen LogP contribution >= 0.6 is 15.9 Å². The lowest BCUT2D eigenvalue weighted by Crippen LogP contribution is -2.06. The SMILES string of the molecule is Cc1cccnc1C(O)c1cc(Br)ccc1F. The van der Waals surface area contributed by atoms with Gasteiger partial charge in [0, 0.05) is 16.2 Å². The molecular formula is C13H11BrFNO. The van der Waals surface area contributed by atoms with Crippen LogP contribution < -0.4 is 0 Å². The zero-order valence-electron chi connectivity index (χ0n) is 9.19. The normalized spacial score (nSPS) is 12.5. The third kappa shape index (κ3) is 2.53. The van der Waals surface area contributed by atoms with Crippen LogP contribution in [0, 0.1) is 12.7 Å². The van der Waals surface area contributed by atoms with Crippen molar-refractivity contribution in [2.24, 2.45) is 0 Å². The Bertz CT molecular complexity index is 545. The van der Waals surface area contributed by atoms with Crippen LogP contribution in [-0.2, 0) is 0 Å². The third-order valence-corrected chi connectivity index (χ3v) is 3.05. The molecule has 1 N–H and O–H groups in total. The van der Waals surface area contributed by atoms with E-state index in [0.29, 0.717) is 5.69 Å². The fourth-order valence-electron chi connectivity index (χ4n) is 1.66. The summed E-state index contributed by atoms with van der Waals surface area (Å²) in [4.78, 5) is 4.09. The summed E-state index contributed by atoms with van der Waals surface area (Å²) in [6.07, 6.45) is 0.537. The average Bonchev–Trinajstić information content (AvgIpc) is 2.32. The molecule has 17 heavy (non-hydrogen) atoms. The molecule has 4 heteroatoms. The second kappa shape index (κ2) is 4.94. The van der Waals surface area contributed by atoms with Gasteiger partial charge in [0.15, 0.2) is 0 Å². The first-order valence-corrected chi connectivity index (χ1v) is 5.93. The Labute approximate surface area is 107 Å². The monoisotopic (exact) mass is 295 g/mol. The second-order valence-electron chi connectivity index (χ2n) is 3.77. The standard InChI is InChI=1S/C13H11BrFNO/c1-8-3-2-6-16-12(8)13(17)10-7-9(14)4-5-11(10)15/h2-7,13,17H,1H3. The fraction of sp³-hybridized carbons (Fsp3) is 0.154. The molecule has 2 rings (SSSR count). The van der Waals surface area contributed by atoms with Gasteiger partial charge in [-0.1, -0.05) is 22.0 Å². The van der Waals surface area contributed by atoms with Crippen LogP contribution in [0.25, 0.3) is 0 Å². The number of pyridine rings is 1. The molecule has 0 radical (unpaired) electrons. The number of nitrogens with zero attached hydrogens (tertiary/aromatic N) is 1. The lowest BCUT2D eigenvalue weighted by Gasteiger charge is -2.13. The number of hydrogen-bond acceptors (Lipinski definition) is 2. The van der Waals surface area contributed by atoms with Crippen molar-refractivity contribution in [3.8, 4) is 0 Å². The minimum Gasteiger partial charge on any atom is -0.382 e. The van der Waals surface area contributed by atoms with E-state index in [9.17, 15) is 9.50 Å². The summed E-state index contributed by atoms with van der Waals surface area (Å²) in [6.45, 7) is 1.83. The number of aryl methyl sites for hydroxylation is 1. The summed E-state index contributed by atoms with van der Waals surface area (Å²) in [5.41, 5.74) is 1.53. The molecule has 1 heterocycles. The van der Waals surface area contributed by atoms with Gasteiger partial charge < -0.3 is 5.11 Å². The molecule has 1 aromatic carbocycles. The molecule has 88 valence electrons. The van der Waals surface area contributed by atoms with Crippen molar-refractivity contribution in [2.75, 3.05) is 0 Å².